The van der Waals surface area contributed by atoms with Crippen molar-refractivity contribution < 1.29 is 4.52 Å². The highest BCUT2D eigenvalue weighted by atomic mass is 16.5. The summed E-state index contributed by atoms with van der Waals surface area (Å²) >= 11 is 0. The van der Waals surface area contributed by atoms with Crippen molar-refractivity contribution in [3.63, 3.8) is 0 Å². The first kappa shape index (κ1) is 8.64. The predicted molar refractivity (Wildman–Crippen MR) is 50.1 cm³/mol. The average Bonchev–Trinajstić information content (AvgIpc) is 2.65. The Morgan fingerprint density at radius 1 is 1.43 bits per heavy atom. The standard InChI is InChI=1S/C8H9N5O/c1-5-11-8(14-13-5)6-2-3-7(12-9)10-4-6/h2-4H,9H2,1H3,(H,10,12). The summed E-state index contributed by atoms with van der Waals surface area (Å²) in [5, 5.41) is 3.68. The number of aryl methyl sites for hydroxylation is 1. The zero-order valence-corrected chi connectivity index (χ0v) is 7.56. The fourth-order valence-corrected chi connectivity index (χ4v) is 1.02. The van der Waals surface area contributed by atoms with E-state index in [0.717, 1.165) is 5.56 Å². The highest BCUT2D eigenvalue weighted by molar-refractivity contribution is 5.53. The molecule has 0 saturated carbocycles. The van der Waals surface area contributed by atoms with E-state index in [0.29, 0.717) is 17.5 Å². The Balaban J connectivity index is 2.33. The van der Waals surface area contributed by atoms with E-state index in [1.54, 1.807) is 25.3 Å². The van der Waals surface area contributed by atoms with Crippen LogP contribution in [0.25, 0.3) is 11.5 Å². The summed E-state index contributed by atoms with van der Waals surface area (Å²) < 4.78 is 4.97. The van der Waals surface area contributed by atoms with Gasteiger partial charge >= 0.3 is 0 Å². The van der Waals surface area contributed by atoms with Gasteiger partial charge in [0.05, 0.1) is 5.56 Å². The number of rotatable bonds is 2. The lowest BCUT2D eigenvalue weighted by molar-refractivity contribution is 0.425. The Morgan fingerprint density at radius 3 is 2.79 bits per heavy atom. The van der Waals surface area contributed by atoms with Crippen LogP contribution >= 0.6 is 0 Å². The third-order valence-electron chi connectivity index (χ3n) is 1.69. The lowest BCUT2D eigenvalue weighted by atomic mass is 10.3. The van der Waals surface area contributed by atoms with Crippen LogP contribution in [0.4, 0.5) is 5.82 Å². The molecule has 0 aliphatic heterocycles. The quantitative estimate of drug-likeness (QED) is 0.537. The molecule has 2 aromatic rings. The van der Waals surface area contributed by atoms with Crippen LogP contribution in [0.5, 0.6) is 0 Å². The molecule has 0 radical (unpaired) electrons. The van der Waals surface area contributed by atoms with Gasteiger partial charge in [-0.2, -0.15) is 4.98 Å². The average molecular weight is 191 g/mol. The van der Waals surface area contributed by atoms with Gasteiger partial charge < -0.3 is 9.95 Å². The van der Waals surface area contributed by atoms with Crippen LogP contribution in [0.3, 0.4) is 0 Å². The number of nitrogen functional groups attached to an aromatic ring is 1. The number of hydrogen-bond donors (Lipinski definition) is 2. The first-order valence-electron chi connectivity index (χ1n) is 4.03. The Labute approximate surface area is 80.1 Å². The Morgan fingerprint density at radius 2 is 2.29 bits per heavy atom. The van der Waals surface area contributed by atoms with Crippen molar-refractivity contribution in [3.8, 4) is 11.5 Å². The summed E-state index contributed by atoms with van der Waals surface area (Å²) in [6.07, 6.45) is 1.61. The van der Waals surface area contributed by atoms with Crippen LogP contribution < -0.4 is 11.3 Å². The van der Waals surface area contributed by atoms with Crippen molar-refractivity contribution in [2.24, 2.45) is 5.84 Å². The molecule has 0 aromatic carbocycles. The van der Waals surface area contributed by atoms with Crippen LogP contribution in [0, 0.1) is 6.92 Å². The predicted octanol–water partition coefficient (Wildman–Crippen LogP) is 0.726. The Kier molecular flexibility index (Phi) is 2.11. The molecule has 0 atom stereocenters. The number of hydrogen-bond acceptors (Lipinski definition) is 6. The van der Waals surface area contributed by atoms with E-state index in [4.69, 9.17) is 10.4 Å². The van der Waals surface area contributed by atoms with E-state index in [-0.39, 0.29) is 0 Å². The maximum Gasteiger partial charge on any atom is 0.259 e. The van der Waals surface area contributed by atoms with Gasteiger partial charge in [0.2, 0.25) is 0 Å². The minimum atomic E-state index is 0.457. The van der Waals surface area contributed by atoms with Gasteiger partial charge in [-0.05, 0) is 19.1 Å². The molecule has 0 aliphatic carbocycles. The van der Waals surface area contributed by atoms with Gasteiger partial charge in [-0.1, -0.05) is 5.16 Å². The van der Waals surface area contributed by atoms with Crippen LogP contribution in [-0.2, 0) is 0 Å². The Bertz CT molecular complexity index is 422. The molecule has 0 amide bonds. The number of anilines is 1. The molecule has 0 bridgehead atoms. The fraction of sp³-hybridized carbons (Fsp3) is 0.125. The van der Waals surface area contributed by atoms with Crippen molar-refractivity contribution in [2.45, 2.75) is 6.92 Å². The minimum absolute atomic E-state index is 0.457. The van der Waals surface area contributed by atoms with Crippen molar-refractivity contribution in [2.75, 3.05) is 5.43 Å². The van der Waals surface area contributed by atoms with Crippen LogP contribution in [0.15, 0.2) is 22.9 Å². The maximum atomic E-state index is 5.18. The number of aromatic nitrogens is 3. The fourth-order valence-electron chi connectivity index (χ4n) is 1.02. The highest BCUT2D eigenvalue weighted by Crippen LogP contribution is 2.16. The maximum absolute atomic E-state index is 5.18. The molecule has 72 valence electrons. The number of nitrogens with one attached hydrogen (secondary N) is 1. The molecule has 0 saturated heterocycles. The van der Waals surface area contributed by atoms with Gasteiger partial charge in [-0.15, -0.1) is 0 Å². The number of nitrogens with two attached hydrogens (primary N) is 1. The molecule has 6 heteroatoms. The molecule has 0 spiro atoms. The Hall–Kier alpha value is -1.95. The topological polar surface area (TPSA) is 89.9 Å². The minimum Gasteiger partial charge on any atom is -0.334 e. The van der Waals surface area contributed by atoms with Gasteiger partial charge in [-0.3, -0.25) is 0 Å². The van der Waals surface area contributed by atoms with Crippen molar-refractivity contribution >= 4 is 5.82 Å². The molecule has 2 rings (SSSR count). The summed E-state index contributed by atoms with van der Waals surface area (Å²) in [6.45, 7) is 1.76. The van der Waals surface area contributed by atoms with E-state index in [1.165, 1.54) is 0 Å². The molecule has 0 fully saturated rings. The monoisotopic (exact) mass is 191 g/mol. The molecule has 2 aromatic heterocycles. The van der Waals surface area contributed by atoms with Crippen LogP contribution in [-0.4, -0.2) is 15.1 Å². The normalized spacial score (nSPS) is 10.1. The second-order valence-electron chi connectivity index (χ2n) is 2.72. The number of hydrazine groups is 1. The lowest BCUT2D eigenvalue weighted by Gasteiger charge is -1.97. The summed E-state index contributed by atoms with van der Waals surface area (Å²) in [5.41, 5.74) is 3.20. The summed E-state index contributed by atoms with van der Waals surface area (Å²) in [5.74, 6) is 6.82. The van der Waals surface area contributed by atoms with Crippen molar-refractivity contribution in [1.29, 1.82) is 0 Å². The number of nitrogens with zero attached hydrogens (tertiary/aromatic N) is 3. The zero-order valence-electron chi connectivity index (χ0n) is 7.56. The highest BCUT2D eigenvalue weighted by Gasteiger charge is 2.05. The molecule has 0 unspecified atom stereocenters. The zero-order chi connectivity index (χ0) is 9.97. The third-order valence-corrected chi connectivity index (χ3v) is 1.69. The smallest absolute Gasteiger partial charge is 0.259 e. The van der Waals surface area contributed by atoms with Crippen molar-refractivity contribution in [1.82, 2.24) is 15.1 Å². The van der Waals surface area contributed by atoms with E-state index >= 15 is 0 Å². The van der Waals surface area contributed by atoms with E-state index < -0.39 is 0 Å². The van der Waals surface area contributed by atoms with Gasteiger partial charge in [0.25, 0.3) is 5.89 Å². The second kappa shape index (κ2) is 3.43. The van der Waals surface area contributed by atoms with Crippen LogP contribution in [0.1, 0.15) is 5.82 Å². The van der Waals surface area contributed by atoms with Gasteiger partial charge in [0.15, 0.2) is 5.82 Å². The van der Waals surface area contributed by atoms with E-state index in [9.17, 15) is 0 Å². The van der Waals surface area contributed by atoms with Gasteiger partial charge in [0, 0.05) is 6.20 Å². The largest absolute Gasteiger partial charge is 0.334 e. The van der Waals surface area contributed by atoms with Gasteiger partial charge in [-0.25, -0.2) is 10.8 Å². The summed E-state index contributed by atoms with van der Waals surface area (Å²) in [4.78, 5) is 8.09. The second-order valence-corrected chi connectivity index (χ2v) is 2.72. The molecule has 3 N–H and O–H groups in total. The first-order valence-corrected chi connectivity index (χ1v) is 4.03. The molecular weight excluding hydrogens is 182 g/mol. The molecule has 6 nitrogen and oxygen atoms in total. The molecule has 14 heavy (non-hydrogen) atoms. The van der Waals surface area contributed by atoms with E-state index in [1.807, 2.05) is 0 Å². The van der Waals surface area contributed by atoms with Crippen molar-refractivity contribution in [3.05, 3.63) is 24.2 Å². The summed E-state index contributed by atoms with van der Waals surface area (Å²) in [6, 6.07) is 3.53. The lowest BCUT2D eigenvalue weighted by Crippen LogP contribution is -2.07. The SMILES string of the molecule is Cc1noc(-c2ccc(NN)nc2)n1. The van der Waals surface area contributed by atoms with E-state index in [2.05, 4.69) is 20.6 Å². The van der Waals surface area contributed by atoms with Gasteiger partial charge in [0.1, 0.15) is 5.82 Å². The molecule has 2 heterocycles. The first-order chi connectivity index (χ1) is 6.79. The third kappa shape index (κ3) is 1.55. The number of pyridine rings is 1. The summed E-state index contributed by atoms with van der Waals surface area (Å²) in [7, 11) is 0. The molecule has 0 aliphatic rings. The molecular formula is C8H9N5O. The van der Waals surface area contributed by atoms with Crippen LogP contribution in [0.2, 0.25) is 0 Å².